The van der Waals surface area contributed by atoms with E-state index in [1.807, 2.05) is 25.2 Å². The molecule has 0 spiro atoms. The van der Waals surface area contributed by atoms with Crippen LogP contribution in [0.2, 0.25) is 0 Å². The monoisotopic (exact) mass is 694 g/mol. The van der Waals surface area contributed by atoms with E-state index in [0.29, 0.717) is 177 Å². The summed E-state index contributed by atoms with van der Waals surface area (Å²) in [5.41, 5.74) is 6.44. The van der Waals surface area contributed by atoms with Crippen molar-refractivity contribution in [3.05, 3.63) is 24.3 Å². The molecule has 1 aromatic carbocycles. The molecule has 15 heteroatoms. The first kappa shape index (κ1) is 44.3. The highest BCUT2D eigenvalue weighted by Crippen LogP contribution is 2.19. The molecule has 1 rings (SSSR count). The van der Waals surface area contributed by atoms with Crippen LogP contribution in [0.5, 0.6) is 5.75 Å². The number of anilines is 1. The van der Waals surface area contributed by atoms with Crippen LogP contribution in [0.3, 0.4) is 0 Å². The van der Waals surface area contributed by atoms with Crippen molar-refractivity contribution in [1.29, 1.82) is 0 Å². The van der Waals surface area contributed by atoms with Gasteiger partial charge in [0, 0.05) is 6.54 Å². The lowest BCUT2D eigenvalue weighted by atomic mass is 10.3. The maximum Gasteiger partial charge on any atom is 0.142 e. The number of nitrogen functional groups attached to an aromatic ring is 1. The van der Waals surface area contributed by atoms with Crippen molar-refractivity contribution in [2.45, 2.75) is 0 Å². The highest BCUT2D eigenvalue weighted by atomic mass is 16.6. The van der Waals surface area contributed by atoms with Gasteiger partial charge in [0.15, 0.2) is 0 Å². The SMILES string of the molecule is CNCCOCCOCCOCCOCCOCCOCCOCCOCCOCCOCCOCCOCCOc1ccccc1N. The fourth-order valence-electron chi connectivity index (χ4n) is 3.52. The lowest BCUT2D eigenvalue weighted by Crippen LogP contribution is -2.17. The van der Waals surface area contributed by atoms with E-state index in [9.17, 15) is 0 Å². The fourth-order valence-corrected chi connectivity index (χ4v) is 3.52. The van der Waals surface area contributed by atoms with E-state index in [1.54, 1.807) is 6.07 Å². The summed E-state index contributed by atoms with van der Waals surface area (Å²) >= 11 is 0. The third-order valence-corrected chi connectivity index (χ3v) is 5.99. The minimum Gasteiger partial charge on any atom is -0.489 e. The van der Waals surface area contributed by atoms with Gasteiger partial charge in [0.2, 0.25) is 0 Å². The fraction of sp³-hybridized carbons (Fsp3) is 0.818. The molecule has 0 amide bonds. The van der Waals surface area contributed by atoms with Crippen LogP contribution in [-0.4, -0.2) is 179 Å². The third kappa shape index (κ3) is 32.8. The summed E-state index contributed by atoms with van der Waals surface area (Å²) in [4.78, 5) is 0. The molecule has 1 aromatic rings. The number of benzene rings is 1. The molecule has 282 valence electrons. The van der Waals surface area contributed by atoms with E-state index >= 15 is 0 Å². The van der Waals surface area contributed by atoms with Crippen molar-refractivity contribution >= 4 is 5.69 Å². The maximum absolute atomic E-state index is 5.82. The molecule has 0 aromatic heterocycles. The molecule has 15 nitrogen and oxygen atoms in total. The van der Waals surface area contributed by atoms with Crippen molar-refractivity contribution in [1.82, 2.24) is 5.32 Å². The van der Waals surface area contributed by atoms with Crippen LogP contribution in [0.4, 0.5) is 5.69 Å². The molecular weight excluding hydrogens is 632 g/mol. The number of hydrogen-bond acceptors (Lipinski definition) is 15. The molecule has 0 radical (unpaired) electrons. The first-order valence-electron chi connectivity index (χ1n) is 16.9. The molecule has 0 saturated carbocycles. The quantitative estimate of drug-likeness (QED) is 0.0742. The van der Waals surface area contributed by atoms with Crippen LogP contribution in [0.25, 0.3) is 0 Å². The van der Waals surface area contributed by atoms with Gasteiger partial charge in [-0.1, -0.05) is 12.1 Å². The molecular formula is C33H62N2O13. The average molecular weight is 695 g/mol. The van der Waals surface area contributed by atoms with Crippen molar-refractivity contribution in [2.75, 3.05) is 184 Å². The minimum absolute atomic E-state index is 0.437. The molecule has 0 fully saturated rings. The van der Waals surface area contributed by atoms with Crippen LogP contribution in [0.15, 0.2) is 24.3 Å². The molecule has 3 N–H and O–H groups in total. The Morgan fingerprint density at radius 1 is 0.375 bits per heavy atom. The van der Waals surface area contributed by atoms with E-state index in [1.165, 1.54) is 0 Å². The van der Waals surface area contributed by atoms with E-state index in [0.717, 1.165) is 6.54 Å². The molecule has 0 aliphatic carbocycles. The zero-order valence-electron chi connectivity index (χ0n) is 29.1. The normalized spacial score (nSPS) is 11.4. The van der Waals surface area contributed by atoms with Crippen LogP contribution >= 0.6 is 0 Å². The number of likely N-dealkylation sites (N-methyl/N-ethyl adjacent to an activating group) is 1. The van der Waals surface area contributed by atoms with Crippen LogP contribution in [-0.2, 0) is 56.8 Å². The summed E-state index contributed by atoms with van der Waals surface area (Å²) in [6, 6.07) is 7.38. The Morgan fingerprint density at radius 2 is 0.625 bits per heavy atom. The second-order valence-corrected chi connectivity index (χ2v) is 9.84. The van der Waals surface area contributed by atoms with Crippen LogP contribution in [0, 0.1) is 0 Å². The standard InChI is InChI=1S/C33H62N2O13/c1-35-6-7-36-8-9-37-10-11-38-12-13-39-14-15-40-16-17-41-18-19-42-20-21-43-22-23-44-24-25-45-26-27-46-28-29-47-30-31-48-33-5-3-2-4-32(33)34/h2-5,35H,6-31,34H2,1H3. The Labute approximate surface area is 287 Å². The molecule has 48 heavy (non-hydrogen) atoms. The van der Waals surface area contributed by atoms with Crippen LogP contribution < -0.4 is 15.8 Å². The summed E-state index contributed by atoms with van der Waals surface area (Å²) in [5.74, 6) is 0.668. The number of ether oxygens (including phenoxy) is 13. The summed E-state index contributed by atoms with van der Waals surface area (Å²) in [6.45, 7) is 13.8. The second-order valence-electron chi connectivity index (χ2n) is 9.84. The Hall–Kier alpha value is -1.70. The highest BCUT2D eigenvalue weighted by molar-refractivity contribution is 5.51. The van der Waals surface area contributed by atoms with Gasteiger partial charge < -0.3 is 72.6 Å². The lowest BCUT2D eigenvalue weighted by molar-refractivity contribution is -0.0285. The van der Waals surface area contributed by atoms with Crippen molar-refractivity contribution in [3.63, 3.8) is 0 Å². The van der Waals surface area contributed by atoms with Crippen molar-refractivity contribution in [2.24, 2.45) is 0 Å². The Kier molecular flexibility index (Phi) is 35.2. The molecule has 0 atom stereocenters. The Balaban J connectivity index is 1.62. The van der Waals surface area contributed by atoms with Crippen molar-refractivity contribution in [3.8, 4) is 5.75 Å². The summed E-state index contributed by atoms with van der Waals surface area (Å²) in [7, 11) is 1.89. The third-order valence-electron chi connectivity index (χ3n) is 5.99. The Bertz CT molecular complexity index is 770. The molecule has 0 bridgehead atoms. The van der Waals surface area contributed by atoms with Gasteiger partial charge in [-0.3, -0.25) is 0 Å². The van der Waals surface area contributed by atoms with Gasteiger partial charge in [-0.05, 0) is 19.2 Å². The van der Waals surface area contributed by atoms with Gasteiger partial charge in [0.1, 0.15) is 12.4 Å². The maximum atomic E-state index is 5.82. The van der Waals surface area contributed by atoms with Gasteiger partial charge >= 0.3 is 0 Å². The zero-order valence-corrected chi connectivity index (χ0v) is 29.1. The lowest BCUT2D eigenvalue weighted by Gasteiger charge is -2.10. The van der Waals surface area contributed by atoms with Gasteiger partial charge in [-0.25, -0.2) is 0 Å². The number of nitrogens with one attached hydrogen (secondary N) is 1. The predicted molar refractivity (Wildman–Crippen MR) is 180 cm³/mol. The van der Waals surface area contributed by atoms with E-state index < -0.39 is 0 Å². The summed E-state index contributed by atoms with van der Waals surface area (Å²) < 4.78 is 71.1. The van der Waals surface area contributed by atoms with Gasteiger partial charge in [-0.15, -0.1) is 0 Å². The van der Waals surface area contributed by atoms with Gasteiger partial charge in [-0.2, -0.15) is 0 Å². The summed E-state index contributed by atoms with van der Waals surface area (Å²) in [5, 5.41) is 3.02. The van der Waals surface area contributed by atoms with E-state index in [-0.39, 0.29) is 0 Å². The van der Waals surface area contributed by atoms with Gasteiger partial charge in [0.25, 0.3) is 0 Å². The highest BCUT2D eigenvalue weighted by Gasteiger charge is 1.99. The van der Waals surface area contributed by atoms with Gasteiger partial charge in [0.05, 0.1) is 164 Å². The number of para-hydroxylation sites is 2. The zero-order chi connectivity index (χ0) is 34.3. The molecule has 0 aliphatic heterocycles. The molecule has 0 aliphatic rings. The first-order valence-corrected chi connectivity index (χ1v) is 16.9. The first-order chi connectivity index (χ1) is 23.8. The molecule has 0 heterocycles. The minimum atomic E-state index is 0.437. The Morgan fingerprint density at radius 3 is 0.896 bits per heavy atom. The van der Waals surface area contributed by atoms with E-state index in [2.05, 4.69) is 5.32 Å². The average Bonchev–Trinajstić information content (AvgIpc) is 3.10. The van der Waals surface area contributed by atoms with E-state index in [4.69, 9.17) is 67.3 Å². The van der Waals surface area contributed by atoms with Crippen molar-refractivity contribution < 1.29 is 61.6 Å². The second kappa shape index (κ2) is 38.1. The largest absolute Gasteiger partial charge is 0.489 e. The number of hydrogen-bond donors (Lipinski definition) is 2. The summed E-state index contributed by atoms with van der Waals surface area (Å²) in [6.07, 6.45) is 0. The number of nitrogens with two attached hydrogens (primary N) is 1. The number of rotatable bonds is 40. The topological polar surface area (TPSA) is 158 Å². The predicted octanol–water partition coefficient (Wildman–Crippen LogP) is 1.07. The smallest absolute Gasteiger partial charge is 0.142 e. The molecule has 0 saturated heterocycles. The van der Waals surface area contributed by atoms with Crippen LogP contribution in [0.1, 0.15) is 0 Å². The molecule has 0 unspecified atom stereocenters.